The van der Waals surface area contributed by atoms with Crippen molar-refractivity contribution < 1.29 is 4.79 Å². The molecule has 1 rings (SSSR count). The number of anilines is 2. The van der Waals surface area contributed by atoms with E-state index in [9.17, 15) is 4.79 Å². The molecule has 4 heteroatoms. The van der Waals surface area contributed by atoms with Crippen molar-refractivity contribution in [1.82, 2.24) is 0 Å². The molecular formula is C9H11ClN2O. The molecule has 1 unspecified atom stereocenters. The third kappa shape index (κ3) is 2.95. The number of rotatable bonds is 2. The number of nitrogen functional groups attached to an aromatic ring is 1. The van der Waals surface area contributed by atoms with E-state index in [4.69, 9.17) is 17.3 Å². The predicted octanol–water partition coefficient (Wildman–Crippen LogP) is 1.83. The quantitative estimate of drug-likeness (QED) is 0.563. The zero-order valence-corrected chi connectivity index (χ0v) is 8.01. The van der Waals surface area contributed by atoms with E-state index in [-0.39, 0.29) is 5.91 Å². The molecule has 1 amide bonds. The minimum Gasteiger partial charge on any atom is -0.399 e. The largest absolute Gasteiger partial charge is 0.399 e. The van der Waals surface area contributed by atoms with Crippen molar-refractivity contribution in [1.29, 1.82) is 0 Å². The van der Waals surface area contributed by atoms with Crippen LogP contribution < -0.4 is 11.1 Å². The molecule has 1 atom stereocenters. The van der Waals surface area contributed by atoms with Crippen LogP contribution in [0.15, 0.2) is 24.3 Å². The lowest BCUT2D eigenvalue weighted by atomic mass is 10.3. The number of alkyl halides is 1. The molecule has 0 bridgehead atoms. The second-order valence-electron chi connectivity index (χ2n) is 2.73. The topological polar surface area (TPSA) is 55.1 Å². The van der Waals surface area contributed by atoms with Gasteiger partial charge >= 0.3 is 0 Å². The van der Waals surface area contributed by atoms with E-state index in [1.165, 1.54) is 0 Å². The minimum atomic E-state index is -0.530. The van der Waals surface area contributed by atoms with Crippen molar-refractivity contribution in [3.8, 4) is 0 Å². The van der Waals surface area contributed by atoms with Crippen molar-refractivity contribution in [2.24, 2.45) is 0 Å². The lowest BCUT2D eigenvalue weighted by Gasteiger charge is -2.05. The summed E-state index contributed by atoms with van der Waals surface area (Å²) in [4.78, 5) is 11.1. The van der Waals surface area contributed by atoms with E-state index in [1.54, 1.807) is 31.2 Å². The molecule has 1 aromatic rings. The molecule has 0 aliphatic carbocycles. The van der Waals surface area contributed by atoms with E-state index in [1.807, 2.05) is 0 Å². The summed E-state index contributed by atoms with van der Waals surface area (Å²) in [5.74, 6) is -0.216. The van der Waals surface area contributed by atoms with Crippen LogP contribution in [0.2, 0.25) is 0 Å². The van der Waals surface area contributed by atoms with Crippen molar-refractivity contribution in [3.63, 3.8) is 0 Å². The fourth-order valence-corrected chi connectivity index (χ4v) is 0.863. The highest BCUT2D eigenvalue weighted by Gasteiger charge is 2.08. The summed E-state index contributed by atoms with van der Waals surface area (Å²) in [6, 6.07) is 6.89. The molecule has 0 fully saturated rings. The molecule has 0 spiro atoms. The number of carbonyl (C=O) groups excluding carboxylic acids is 1. The van der Waals surface area contributed by atoms with Crippen LogP contribution in [0.5, 0.6) is 0 Å². The van der Waals surface area contributed by atoms with E-state index >= 15 is 0 Å². The lowest BCUT2D eigenvalue weighted by molar-refractivity contribution is -0.115. The molecule has 0 aliphatic rings. The van der Waals surface area contributed by atoms with Gasteiger partial charge in [-0.3, -0.25) is 4.79 Å². The summed E-state index contributed by atoms with van der Waals surface area (Å²) >= 11 is 5.57. The normalized spacial score (nSPS) is 12.2. The Balaban J connectivity index is 2.65. The monoisotopic (exact) mass is 198 g/mol. The first-order valence-corrected chi connectivity index (χ1v) is 4.33. The van der Waals surface area contributed by atoms with Gasteiger partial charge < -0.3 is 11.1 Å². The molecule has 70 valence electrons. The van der Waals surface area contributed by atoms with Crippen molar-refractivity contribution >= 4 is 28.9 Å². The molecule has 0 heterocycles. The average molecular weight is 199 g/mol. The number of hydrogen-bond acceptors (Lipinski definition) is 2. The Morgan fingerprint density at radius 3 is 2.46 bits per heavy atom. The van der Waals surface area contributed by atoms with Gasteiger partial charge in [-0.15, -0.1) is 11.6 Å². The fraction of sp³-hybridized carbons (Fsp3) is 0.222. The Labute approximate surface area is 81.9 Å². The van der Waals surface area contributed by atoms with Crippen LogP contribution in [-0.2, 0) is 4.79 Å². The molecule has 13 heavy (non-hydrogen) atoms. The van der Waals surface area contributed by atoms with E-state index < -0.39 is 5.38 Å². The van der Waals surface area contributed by atoms with E-state index in [2.05, 4.69) is 5.32 Å². The number of carbonyl (C=O) groups is 1. The predicted molar refractivity (Wildman–Crippen MR) is 54.8 cm³/mol. The Hall–Kier alpha value is -1.22. The van der Waals surface area contributed by atoms with Crippen LogP contribution in [0.4, 0.5) is 11.4 Å². The summed E-state index contributed by atoms with van der Waals surface area (Å²) in [5, 5.41) is 2.11. The average Bonchev–Trinajstić information content (AvgIpc) is 2.08. The Kier molecular flexibility index (Phi) is 3.14. The van der Waals surface area contributed by atoms with Gasteiger partial charge in [-0.2, -0.15) is 0 Å². The van der Waals surface area contributed by atoms with Gasteiger partial charge in [0, 0.05) is 11.4 Å². The first kappa shape index (κ1) is 9.86. The second kappa shape index (κ2) is 4.14. The smallest absolute Gasteiger partial charge is 0.242 e. The SMILES string of the molecule is CC(Cl)C(=O)Nc1ccc(N)cc1. The second-order valence-corrected chi connectivity index (χ2v) is 3.38. The van der Waals surface area contributed by atoms with Crippen molar-refractivity contribution in [3.05, 3.63) is 24.3 Å². The van der Waals surface area contributed by atoms with Gasteiger partial charge in [0.1, 0.15) is 5.38 Å². The molecule has 0 saturated carbocycles. The highest BCUT2D eigenvalue weighted by atomic mass is 35.5. The van der Waals surface area contributed by atoms with Crippen LogP contribution in [0, 0.1) is 0 Å². The first-order chi connectivity index (χ1) is 6.09. The maximum absolute atomic E-state index is 11.1. The van der Waals surface area contributed by atoms with Crippen LogP contribution >= 0.6 is 11.6 Å². The number of nitrogens with one attached hydrogen (secondary N) is 1. The molecule has 0 aliphatic heterocycles. The van der Waals surface area contributed by atoms with E-state index in [0.29, 0.717) is 11.4 Å². The molecule has 1 aromatic carbocycles. The lowest BCUT2D eigenvalue weighted by Crippen LogP contribution is -2.20. The number of amides is 1. The molecule has 0 saturated heterocycles. The number of halogens is 1. The number of nitrogens with two attached hydrogens (primary N) is 1. The number of hydrogen-bond donors (Lipinski definition) is 2. The minimum absolute atomic E-state index is 0.216. The Bertz CT molecular complexity index is 295. The summed E-state index contributed by atoms with van der Waals surface area (Å²) in [6.45, 7) is 1.62. The highest BCUT2D eigenvalue weighted by molar-refractivity contribution is 6.32. The van der Waals surface area contributed by atoms with Gasteiger partial charge in [-0.1, -0.05) is 0 Å². The Morgan fingerprint density at radius 2 is 2.00 bits per heavy atom. The third-order valence-corrected chi connectivity index (χ3v) is 1.74. The summed E-state index contributed by atoms with van der Waals surface area (Å²) < 4.78 is 0. The summed E-state index contributed by atoms with van der Waals surface area (Å²) in [6.07, 6.45) is 0. The van der Waals surface area contributed by atoms with Crippen LogP contribution in [-0.4, -0.2) is 11.3 Å². The van der Waals surface area contributed by atoms with Crippen molar-refractivity contribution in [2.45, 2.75) is 12.3 Å². The summed E-state index contributed by atoms with van der Waals surface area (Å²) in [5.41, 5.74) is 6.84. The maximum Gasteiger partial charge on any atom is 0.242 e. The van der Waals surface area contributed by atoms with E-state index in [0.717, 1.165) is 0 Å². The molecule has 0 radical (unpaired) electrons. The van der Waals surface area contributed by atoms with Gasteiger partial charge in [0.15, 0.2) is 0 Å². The third-order valence-electron chi connectivity index (χ3n) is 1.54. The fourth-order valence-electron chi connectivity index (χ4n) is 0.808. The Morgan fingerprint density at radius 1 is 1.46 bits per heavy atom. The molecule has 0 aromatic heterocycles. The standard InChI is InChI=1S/C9H11ClN2O/c1-6(10)9(13)12-8-4-2-7(11)3-5-8/h2-6H,11H2,1H3,(H,12,13). The maximum atomic E-state index is 11.1. The highest BCUT2D eigenvalue weighted by Crippen LogP contribution is 2.11. The molecule has 3 nitrogen and oxygen atoms in total. The van der Waals surface area contributed by atoms with Crippen LogP contribution in [0.1, 0.15) is 6.92 Å². The van der Waals surface area contributed by atoms with Gasteiger partial charge in [-0.25, -0.2) is 0 Å². The van der Waals surface area contributed by atoms with Gasteiger partial charge in [0.25, 0.3) is 0 Å². The molecular weight excluding hydrogens is 188 g/mol. The number of benzene rings is 1. The van der Waals surface area contributed by atoms with Gasteiger partial charge in [0.2, 0.25) is 5.91 Å². The summed E-state index contributed by atoms with van der Waals surface area (Å²) in [7, 11) is 0. The van der Waals surface area contributed by atoms with Gasteiger partial charge in [-0.05, 0) is 31.2 Å². The van der Waals surface area contributed by atoms with Crippen molar-refractivity contribution in [2.75, 3.05) is 11.1 Å². The van der Waals surface area contributed by atoms with Crippen LogP contribution in [0.3, 0.4) is 0 Å². The van der Waals surface area contributed by atoms with Gasteiger partial charge in [0.05, 0.1) is 0 Å². The zero-order valence-electron chi connectivity index (χ0n) is 7.25. The van der Waals surface area contributed by atoms with Crippen LogP contribution in [0.25, 0.3) is 0 Å². The molecule has 3 N–H and O–H groups in total. The zero-order chi connectivity index (χ0) is 9.84. The first-order valence-electron chi connectivity index (χ1n) is 3.90.